The van der Waals surface area contributed by atoms with Gasteiger partial charge in [0.2, 0.25) is 0 Å². The van der Waals surface area contributed by atoms with Gasteiger partial charge in [0.1, 0.15) is 0 Å². The van der Waals surface area contributed by atoms with Crippen molar-refractivity contribution < 1.29 is 0 Å². The van der Waals surface area contributed by atoms with Gasteiger partial charge in [-0.1, -0.05) is 196 Å². The molecule has 1 aliphatic carbocycles. The number of rotatable bonds is 30. The SMILES string of the molecule is CCCCCCC1C(CCCCCC)C(CCCCCC)C(CCCCCC)C(CCCCCC)C1CCCCCC. The Hall–Kier alpha value is 0. The molecule has 0 bridgehead atoms. The zero-order valence-corrected chi connectivity index (χ0v) is 30.7. The van der Waals surface area contributed by atoms with Gasteiger partial charge in [0.15, 0.2) is 0 Å². The van der Waals surface area contributed by atoms with Crippen molar-refractivity contribution in [3.63, 3.8) is 0 Å². The summed E-state index contributed by atoms with van der Waals surface area (Å²) in [6.07, 6.45) is 44.4. The van der Waals surface area contributed by atoms with E-state index in [9.17, 15) is 0 Å². The van der Waals surface area contributed by atoms with E-state index in [1.54, 1.807) is 38.5 Å². The summed E-state index contributed by atoms with van der Waals surface area (Å²) < 4.78 is 0. The minimum absolute atomic E-state index is 1.03. The summed E-state index contributed by atoms with van der Waals surface area (Å²) in [5, 5.41) is 0. The van der Waals surface area contributed by atoms with Crippen LogP contribution in [0.5, 0.6) is 0 Å². The molecule has 0 amide bonds. The van der Waals surface area contributed by atoms with Crippen LogP contribution >= 0.6 is 0 Å². The molecule has 1 rings (SSSR count). The topological polar surface area (TPSA) is 0 Å². The summed E-state index contributed by atoms with van der Waals surface area (Å²) in [5.74, 6) is 6.19. The number of hydrogen-bond acceptors (Lipinski definition) is 0. The largest absolute Gasteiger partial charge is 0.0654 e. The molecule has 1 fully saturated rings. The average Bonchev–Trinajstić information content (AvgIpc) is 3.00. The van der Waals surface area contributed by atoms with Crippen molar-refractivity contribution in [2.24, 2.45) is 35.5 Å². The van der Waals surface area contributed by atoms with Gasteiger partial charge >= 0.3 is 0 Å². The molecule has 1 saturated carbocycles. The third-order valence-corrected chi connectivity index (χ3v) is 11.6. The first kappa shape index (κ1) is 40.0. The molecule has 0 unspecified atom stereocenters. The third kappa shape index (κ3) is 16.9. The lowest BCUT2D eigenvalue weighted by Gasteiger charge is -2.54. The van der Waals surface area contributed by atoms with Gasteiger partial charge in [-0.25, -0.2) is 0 Å². The van der Waals surface area contributed by atoms with E-state index in [-0.39, 0.29) is 0 Å². The minimum Gasteiger partial charge on any atom is -0.0654 e. The van der Waals surface area contributed by atoms with Crippen molar-refractivity contribution in [3.8, 4) is 0 Å². The Bertz CT molecular complexity index is 400. The van der Waals surface area contributed by atoms with Gasteiger partial charge in [0.05, 0.1) is 0 Å². The summed E-state index contributed by atoms with van der Waals surface area (Å²) >= 11 is 0. The van der Waals surface area contributed by atoms with Gasteiger partial charge in [-0.05, 0) is 74.0 Å². The second-order valence-corrected chi connectivity index (χ2v) is 15.1. The smallest absolute Gasteiger partial charge is 0.0352 e. The molecule has 0 spiro atoms. The van der Waals surface area contributed by atoms with Crippen molar-refractivity contribution in [2.75, 3.05) is 0 Å². The van der Waals surface area contributed by atoms with Gasteiger partial charge in [-0.15, -0.1) is 0 Å². The van der Waals surface area contributed by atoms with E-state index in [0.29, 0.717) is 0 Å². The fourth-order valence-corrected chi connectivity index (χ4v) is 9.31. The summed E-state index contributed by atoms with van der Waals surface area (Å²) in [6.45, 7) is 14.4. The molecule has 0 atom stereocenters. The van der Waals surface area contributed by atoms with Crippen LogP contribution in [0.25, 0.3) is 0 Å². The highest BCUT2D eigenvalue weighted by Gasteiger charge is 2.48. The molecule has 0 aliphatic heterocycles. The first-order chi connectivity index (χ1) is 20.7. The quantitative estimate of drug-likeness (QED) is 0.0732. The van der Waals surface area contributed by atoms with Crippen LogP contribution in [0.4, 0.5) is 0 Å². The zero-order chi connectivity index (χ0) is 30.7. The van der Waals surface area contributed by atoms with Crippen LogP contribution in [0, 0.1) is 35.5 Å². The van der Waals surface area contributed by atoms with Crippen molar-refractivity contribution in [1.29, 1.82) is 0 Å². The fraction of sp³-hybridized carbons (Fsp3) is 1.00. The standard InChI is InChI=1S/C42H84/c1-7-13-19-25-31-37-38(32-26-20-14-8-2)40(34-28-22-16-10-4)42(36-30-24-18-12-6)41(35-29-23-17-11-5)39(37)33-27-21-15-9-3/h37-42H,7-36H2,1-6H3. The van der Waals surface area contributed by atoms with Crippen LogP contribution in [0.2, 0.25) is 0 Å². The van der Waals surface area contributed by atoms with E-state index in [2.05, 4.69) is 41.5 Å². The van der Waals surface area contributed by atoms with Gasteiger partial charge in [0.25, 0.3) is 0 Å². The van der Waals surface area contributed by atoms with Gasteiger partial charge in [-0.3, -0.25) is 0 Å². The molecular formula is C42H84. The molecule has 42 heavy (non-hydrogen) atoms. The minimum atomic E-state index is 1.03. The molecule has 1 aliphatic rings. The van der Waals surface area contributed by atoms with Crippen LogP contribution in [-0.4, -0.2) is 0 Å². The second kappa shape index (κ2) is 28.5. The molecule has 252 valence electrons. The van der Waals surface area contributed by atoms with Crippen LogP contribution in [0.1, 0.15) is 234 Å². The molecule has 0 N–H and O–H groups in total. The predicted octanol–water partition coefficient (Wildman–Crippen LogP) is 15.5. The normalized spacial score (nSPS) is 24.4. The van der Waals surface area contributed by atoms with Crippen LogP contribution in [-0.2, 0) is 0 Å². The van der Waals surface area contributed by atoms with Crippen LogP contribution in [0.3, 0.4) is 0 Å². The molecule has 0 heterocycles. The number of hydrogen-bond donors (Lipinski definition) is 0. The predicted molar refractivity (Wildman–Crippen MR) is 193 cm³/mol. The van der Waals surface area contributed by atoms with E-state index in [0.717, 1.165) is 35.5 Å². The zero-order valence-electron chi connectivity index (χ0n) is 30.7. The molecule has 0 aromatic heterocycles. The van der Waals surface area contributed by atoms with Crippen molar-refractivity contribution >= 4 is 0 Å². The van der Waals surface area contributed by atoms with Crippen molar-refractivity contribution in [1.82, 2.24) is 0 Å². The molecule has 0 heteroatoms. The fourth-order valence-electron chi connectivity index (χ4n) is 9.31. The lowest BCUT2D eigenvalue weighted by Crippen LogP contribution is -2.46. The molecule has 0 saturated heterocycles. The summed E-state index contributed by atoms with van der Waals surface area (Å²) in [4.78, 5) is 0. The molecule has 0 aromatic carbocycles. The maximum Gasteiger partial charge on any atom is -0.0352 e. The molecule has 0 aromatic rings. The third-order valence-electron chi connectivity index (χ3n) is 11.6. The second-order valence-electron chi connectivity index (χ2n) is 15.1. The van der Waals surface area contributed by atoms with Crippen molar-refractivity contribution in [2.45, 2.75) is 234 Å². The first-order valence-corrected chi connectivity index (χ1v) is 20.7. The Balaban J connectivity index is 3.42. The van der Waals surface area contributed by atoms with Crippen molar-refractivity contribution in [3.05, 3.63) is 0 Å². The van der Waals surface area contributed by atoms with Gasteiger partial charge in [-0.2, -0.15) is 0 Å². The van der Waals surface area contributed by atoms with E-state index in [4.69, 9.17) is 0 Å². The van der Waals surface area contributed by atoms with Crippen LogP contribution < -0.4 is 0 Å². The van der Waals surface area contributed by atoms with Crippen LogP contribution in [0.15, 0.2) is 0 Å². The Morgan fingerprint density at radius 1 is 0.190 bits per heavy atom. The highest BCUT2D eigenvalue weighted by atomic mass is 14.5. The van der Waals surface area contributed by atoms with Gasteiger partial charge < -0.3 is 0 Å². The summed E-state index contributed by atoms with van der Waals surface area (Å²) in [5.41, 5.74) is 0. The monoisotopic (exact) mass is 589 g/mol. The van der Waals surface area contributed by atoms with E-state index in [1.807, 2.05) is 0 Å². The summed E-state index contributed by atoms with van der Waals surface area (Å²) in [7, 11) is 0. The molecule has 0 radical (unpaired) electrons. The van der Waals surface area contributed by atoms with E-state index >= 15 is 0 Å². The van der Waals surface area contributed by atoms with E-state index in [1.165, 1.54) is 154 Å². The maximum atomic E-state index is 2.40. The maximum absolute atomic E-state index is 2.40. The molecular weight excluding hydrogens is 504 g/mol. The Labute approximate surface area is 269 Å². The van der Waals surface area contributed by atoms with Gasteiger partial charge in [0, 0.05) is 0 Å². The lowest BCUT2D eigenvalue weighted by molar-refractivity contribution is -0.0485. The highest BCUT2D eigenvalue weighted by Crippen LogP contribution is 2.56. The lowest BCUT2D eigenvalue weighted by atomic mass is 9.51. The Morgan fingerprint density at radius 2 is 0.333 bits per heavy atom. The Kier molecular flexibility index (Phi) is 27.1. The first-order valence-electron chi connectivity index (χ1n) is 20.7. The molecule has 0 nitrogen and oxygen atoms in total. The Morgan fingerprint density at radius 3 is 0.452 bits per heavy atom. The highest BCUT2D eigenvalue weighted by molar-refractivity contribution is 4.97. The average molecular weight is 589 g/mol. The number of unbranched alkanes of at least 4 members (excludes halogenated alkanes) is 18. The summed E-state index contributed by atoms with van der Waals surface area (Å²) in [6, 6.07) is 0. The van der Waals surface area contributed by atoms with E-state index < -0.39 is 0 Å².